The van der Waals surface area contributed by atoms with Crippen LogP contribution in [0, 0.1) is 0 Å². The normalized spacial score (nSPS) is 11.9. The molecule has 13 nitrogen and oxygen atoms in total. The summed E-state index contributed by atoms with van der Waals surface area (Å²) in [4.78, 5) is 47.0. The van der Waals surface area contributed by atoms with Crippen LogP contribution in [0.5, 0.6) is 0 Å². The Kier molecular flexibility index (Phi) is 18.9. The highest BCUT2D eigenvalue weighted by Crippen LogP contribution is 2.09. The molecule has 0 unspecified atom stereocenters. The molecule has 2 amide bonds. The van der Waals surface area contributed by atoms with Crippen LogP contribution in [0.1, 0.15) is 39.2 Å². The van der Waals surface area contributed by atoms with Gasteiger partial charge in [-0.25, -0.2) is 4.79 Å². The Morgan fingerprint density at radius 2 is 1.34 bits per heavy atom. The number of benzene rings is 1. The number of rotatable bonds is 22. The van der Waals surface area contributed by atoms with Gasteiger partial charge in [0.25, 0.3) is 0 Å². The molecular weight excluding hydrogens is 538 g/mol. The van der Waals surface area contributed by atoms with E-state index < -0.39 is 23.6 Å². The Morgan fingerprint density at radius 3 is 1.95 bits per heavy atom. The number of hydrogen-bond acceptors (Lipinski definition) is 11. The van der Waals surface area contributed by atoms with Crippen molar-refractivity contribution in [3.05, 3.63) is 35.9 Å². The zero-order chi connectivity index (χ0) is 30.3. The zero-order valence-corrected chi connectivity index (χ0v) is 24.3. The molecule has 1 rings (SSSR count). The third-order valence-electron chi connectivity index (χ3n) is 4.97. The molecular formula is C28H45N3O10. The minimum absolute atomic E-state index is 0.101. The molecule has 1 aromatic rings. The molecule has 0 aliphatic heterocycles. The number of esters is 2. The molecule has 0 aliphatic rings. The molecule has 0 spiro atoms. The third kappa shape index (κ3) is 21.3. The minimum Gasteiger partial charge on any atom is -0.459 e. The summed E-state index contributed by atoms with van der Waals surface area (Å²) in [6, 6.07) is 8.51. The van der Waals surface area contributed by atoms with Gasteiger partial charge in [-0.1, -0.05) is 30.3 Å². The number of hydrogen-bond donors (Lipinski definition) is 3. The highest BCUT2D eigenvalue weighted by molar-refractivity contribution is 5.79. The maximum absolute atomic E-state index is 11.9. The molecule has 0 saturated carbocycles. The molecule has 0 saturated heterocycles. The summed E-state index contributed by atoms with van der Waals surface area (Å²) in [7, 11) is 0. The molecule has 0 aromatic heterocycles. The summed E-state index contributed by atoms with van der Waals surface area (Å²) in [6.07, 6.45) is 0.287. The second-order valence-electron chi connectivity index (χ2n) is 9.85. The van der Waals surface area contributed by atoms with Gasteiger partial charge < -0.3 is 44.8 Å². The Balaban J connectivity index is 1.86. The molecule has 0 fully saturated rings. The van der Waals surface area contributed by atoms with Crippen molar-refractivity contribution in [2.75, 3.05) is 65.9 Å². The molecule has 0 heterocycles. The highest BCUT2D eigenvalue weighted by Gasteiger charge is 2.22. The Hall–Kier alpha value is -3.10. The van der Waals surface area contributed by atoms with Gasteiger partial charge in [0, 0.05) is 19.5 Å². The molecule has 1 atom stereocenters. The van der Waals surface area contributed by atoms with Gasteiger partial charge in [0.15, 0.2) is 0 Å². The van der Waals surface area contributed by atoms with Crippen LogP contribution in [0.25, 0.3) is 0 Å². The summed E-state index contributed by atoms with van der Waals surface area (Å²) in [6.45, 7) is 7.31. The second-order valence-corrected chi connectivity index (χ2v) is 9.85. The monoisotopic (exact) mass is 583 g/mol. The van der Waals surface area contributed by atoms with Gasteiger partial charge in [-0.05, 0) is 32.8 Å². The topological polar surface area (TPSA) is 174 Å². The van der Waals surface area contributed by atoms with Crippen molar-refractivity contribution in [1.82, 2.24) is 10.6 Å². The summed E-state index contributed by atoms with van der Waals surface area (Å²) in [5.74, 6) is -1.51. The van der Waals surface area contributed by atoms with E-state index in [0.717, 1.165) is 5.56 Å². The zero-order valence-electron chi connectivity index (χ0n) is 24.3. The highest BCUT2D eigenvalue weighted by atomic mass is 16.6. The van der Waals surface area contributed by atoms with E-state index in [1.54, 1.807) is 20.8 Å². The average Bonchev–Trinajstić information content (AvgIpc) is 2.93. The van der Waals surface area contributed by atoms with Crippen molar-refractivity contribution in [2.24, 2.45) is 5.73 Å². The van der Waals surface area contributed by atoms with Gasteiger partial charge >= 0.3 is 11.9 Å². The van der Waals surface area contributed by atoms with Crippen LogP contribution >= 0.6 is 0 Å². The van der Waals surface area contributed by atoms with Gasteiger partial charge in [0.05, 0.1) is 39.6 Å². The Morgan fingerprint density at radius 1 is 0.780 bits per heavy atom. The predicted molar refractivity (Wildman–Crippen MR) is 149 cm³/mol. The smallest absolute Gasteiger partial charge is 0.332 e. The molecule has 13 heteroatoms. The SMILES string of the molecule is CC(C)(C)OC(=O)[C@@H](N)CCC(=O)NCCOCCOCC(=O)NCCOCCOCC(=O)OCc1ccccc1. The fraction of sp³-hybridized carbons (Fsp3) is 0.643. The van der Waals surface area contributed by atoms with Gasteiger partial charge in [0.1, 0.15) is 31.5 Å². The van der Waals surface area contributed by atoms with Crippen molar-refractivity contribution < 1.29 is 47.6 Å². The molecule has 0 aliphatic carbocycles. The minimum atomic E-state index is -0.854. The number of carbonyl (C=O) groups excluding carboxylic acids is 4. The maximum atomic E-state index is 11.9. The maximum Gasteiger partial charge on any atom is 0.332 e. The first-order chi connectivity index (χ1) is 19.6. The van der Waals surface area contributed by atoms with Crippen LogP contribution in [0.3, 0.4) is 0 Å². The number of nitrogens with one attached hydrogen (secondary N) is 2. The van der Waals surface area contributed by atoms with E-state index >= 15 is 0 Å². The van der Waals surface area contributed by atoms with E-state index in [0.29, 0.717) is 13.1 Å². The van der Waals surface area contributed by atoms with Gasteiger partial charge in [-0.15, -0.1) is 0 Å². The van der Waals surface area contributed by atoms with Crippen LogP contribution in [0.4, 0.5) is 0 Å². The molecule has 1 aromatic carbocycles. The summed E-state index contributed by atoms with van der Waals surface area (Å²) in [5, 5.41) is 5.33. The third-order valence-corrected chi connectivity index (χ3v) is 4.97. The lowest BCUT2D eigenvalue weighted by Crippen LogP contribution is -2.38. The fourth-order valence-electron chi connectivity index (χ4n) is 2.99. The molecule has 0 bridgehead atoms. The first-order valence-electron chi connectivity index (χ1n) is 13.6. The molecule has 232 valence electrons. The number of ether oxygens (including phenoxy) is 6. The van der Waals surface area contributed by atoms with Crippen LogP contribution in [-0.4, -0.2) is 101 Å². The van der Waals surface area contributed by atoms with E-state index in [1.165, 1.54) is 0 Å². The summed E-state index contributed by atoms with van der Waals surface area (Å²) < 4.78 is 31.4. The second kappa shape index (κ2) is 21.6. The Labute approximate surface area is 241 Å². The van der Waals surface area contributed by atoms with E-state index in [1.807, 2.05) is 30.3 Å². The number of amides is 2. The van der Waals surface area contributed by atoms with E-state index in [4.69, 9.17) is 34.2 Å². The van der Waals surface area contributed by atoms with Crippen LogP contribution < -0.4 is 16.4 Å². The number of carbonyl (C=O) groups is 4. The average molecular weight is 584 g/mol. The largest absolute Gasteiger partial charge is 0.459 e. The van der Waals surface area contributed by atoms with Gasteiger partial charge in [-0.3, -0.25) is 14.4 Å². The van der Waals surface area contributed by atoms with Gasteiger partial charge in [0.2, 0.25) is 11.8 Å². The van der Waals surface area contributed by atoms with Crippen molar-refractivity contribution in [1.29, 1.82) is 0 Å². The van der Waals surface area contributed by atoms with E-state index in [2.05, 4.69) is 10.6 Å². The number of nitrogens with two attached hydrogens (primary N) is 1. The van der Waals surface area contributed by atoms with Crippen LogP contribution in [0.2, 0.25) is 0 Å². The van der Waals surface area contributed by atoms with Crippen molar-refractivity contribution in [2.45, 2.75) is 51.9 Å². The quantitative estimate of drug-likeness (QED) is 0.128. The van der Waals surface area contributed by atoms with E-state index in [9.17, 15) is 19.2 Å². The van der Waals surface area contributed by atoms with Crippen molar-refractivity contribution in [3.8, 4) is 0 Å². The summed E-state index contributed by atoms with van der Waals surface area (Å²) in [5.41, 5.74) is 6.03. The van der Waals surface area contributed by atoms with Crippen molar-refractivity contribution >= 4 is 23.8 Å². The standard InChI is InChI=1S/C28H45N3O10/c1-28(2,3)41-27(35)23(29)9-10-24(32)30-11-13-36-15-17-38-20-25(33)31-12-14-37-16-18-39-21-26(34)40-19-22-7-5-4-6-8-22/h4-8,23H,9-21,29H2,1-3H3,(H,30,32)(H,31,33)/t23-/m0/s1. The lowest BCUT2D eigenvalue weighted by Gasteiger charge is -2.22. The van der Waals surface area contributed by atoms with Crippen LogP contribution in [0.15, 0.2) is 30.3 Å². The first-order valence-corrected chi connectivity index (χ1v) is 13.6. The first kappa shape index (κ1) is 35.9. The van der Waals surface area contributed by atoms with Gasteiger partial charge in [-0.2, -0.15) is 0 Å². The lowest BCUT2D eigenvalue weighted by molar-refractivity contribution is -0.156. The lowest BCUT2D eigenvalue weighted by atomic mass is 10.1. The molecule has 4 N–H and O–H groups in total. The molecule has 41 heavy (non-hydrogen) atoms. The predicted octanol–water partition coefficient (Wildman–Crippen LogP) is 0.478. The fourth-order valence-corrected chi connectivity index (χ4v) is 2.99. The van der Waals surface area contributed by atoms with Crippen LogP contribution in [-0.2, 0) is 54.2 Å². The Bertz CT molecular complexity index is 893. The van der Waals surface area contributed by atoms with E-state index in [-0.39, 0.29) is 84.1 Å². The van der Waals surface area contributed by atoms with Crippen molar-refractivity contribution in [3.63, 3.8) is 0 Å². The molecule has 0 radical (unpaired) electrons. The summed E-state index contributed by atoms with van der Waals surface area (Å²) >= 11 is 0.